The van der Waals surface area contributed by atoms with Gasteiger partial charge in [0.15, 0.2) is 5.82 Å². The van der Waals surface area contributed by atoms with Crippen LogP contribution in [-0.4, -0.2) is 38.7 Å². The first-order chi connectivity index (χ1) is 11.8. The lowest BCUT2D eigenvalue weighted by molar-refractivity contribution is 0.360. The fourth-order valence-corrected chi connectivity index (χ4v) is 3.52. The summed E-state index contributed by atoms with van der Waals surface area (Å²) in [6.07, 6.45) is 5.74. The van der Waals surface area contributed by atoms with E-state index in [2.05, 4.69) is 44.5 Å². The zero-order valence-corrected chi connectivity index (χ0v) is 13.8. The van der Waals surface area contributed by atoms with E-state index in [-0.39, 0.29) is 6.04 Å². The fraction of sp³-hybridized carbons (Fsp3) is 0.412. The number of aromatic nitrogens is 5. The Hall–Kier alpha value is -2.70. The van der Waals surface area contributed by atoms with Gasteiger partial charge in [-0.3, -0.25) is 0 Å². The second-order valence-corrected chi connectivity index (χ2v) is 6.29. The normalized spacial score (nSPS) is 21.2. The monoisotopic (exact) mass is 324 g/mol. The minimum Gasteiger partial charge on any atom is -0.496 e. The van der Waals surface area contributed by atoms with E-state index >= 15 is 0 Å². The van der Waals surface area contributed by atoms with Crippen LogP contribution in [0, 0.1) is 5.92 Å². The van der Waals surface area contributed by atoms with Gasteiger partial charge in [0.25, 0.3) is 0 Å². The second-order valence-electron chi connectivity index (χ2n) is 6.29. The van der Waals surface area contributed by atoms with Crippen LogP contribution in [0.4, 0.5) is 5.82 Å². The zero-order valence-electron chi connectivity index (χ0n) is 13.8. The molecule has 0 amide bonds. The van der Waals surface area contributed by atoms with Gasteiger partial charge in [-0.2, -0.15) is 4.52 Å². The van der Waals surface area contributed by atoms with E-state index in [1.54, 1.807) is 24.0 Å². The van der Waals surface area contributed by atoms with Crippen LogP contribution in [-0.2, 0) is 0 Å². The molecule has 1 saturated heterocycles. The molecule has 0 saturated carbocycles. The molecule has 3 heterocycles. The van der Waals surface area contributed by atoms with Gasteiger partial charge in [-0.05, 0) is 35.3 Å². The third-order valence-corrected chi connectivity index (χ3v) is 4.68. The third kappa shape index (κ3) is 2.46. The topological polar surface area (TPSA) is 68.4 Å². The summed E-state index contributed by atoms with van der Waals surface area (Å²) in [6.45, 7) is 3.19. The molecule has 2 atom stereocenters. The molecule has 1 aliphatic heterocycles. The van der Waals surface area contributed by atoms with Crippen LogP contribution in [0.25, 0.3) is 5.65 Å². The van der Waals surface area contributed by atoms with Gasteiger partial charge in [0, 0.05) is 18.3 Å². The highest BCUT2D eigenvalue weighted by atomic mass is 16.5. The van der Waals surface area contributed by atoms with Gasteiger partial charge in [-0.15, -0.1) is 5.10 Å². The second kappa shape index (κ2) is 6.07. The Balaban J connectivity index is 1.82. The lowest BCUT2D eigenvalue weighted by Crippen LogP contribution is -2.38. The molecule has 24 heavy (non-hydrogen) atoms. The van der Waals surface area contributed by atoms with Crippen LogP contribution in [0.1, 0.15) is 31.4 Å². The van der Waals surface area contributed by atoms with E-state index in [1.165, 1.54) is 12.0 Å². The number of ether oxygens (including phenoxy) is 1. The summed E-state index contributed by atoms with van der Waals surface area (Å²) in [7, 11) is 1.72. The van der Waals surface area contributed by atoms with E-state index in [1.807, 2.05) is 12.1 Å². The standard InChI is InChI=1S/C17H20N6O/c1-12-7-8-14(13-5-3-4-6-15(13)24-2)22(11-12)16-17-19-20-21-23(17)10-9-18-16/h3-6,9-10,12,14H,7-8,11H2,1-2H3/t12-,14-/m1/s1. The summed E-state index contributed by atoms with van der Waals surface area (Å²) < 4.78 is 7.26. The Morgan fingerprint density at radius 2 is 2.08 bits per heavy atom. The van der Waals surface area contributed by atoms with Crippen molar-refractivity contribution in [3.63, 3.8) is 0 Å². The van der Waals surface area contributed by atoms with Crippen LogP contribution in [0.5, 0.6) is 5.75 Å². The van der Waals surface area contributed by atoms with Crippen LogP contribution in [0.2, 0.25) is 0 Å². The van der Waals surface area contributed by atoms with E-state index in [9.17, 15) is 0 Å². The van der Waals surface area contributed by atoms with Gasteiger partial charge < -0.3 is 9.64 Å². The Morgan fingerprint density at radius 3 is 2.96 bits per heavy atom. The van der Waals surface area contributed by atoms with Crippen molar-refractivity contribution in [2.45, 2.75) is 25.8 Å². The van der Waals surface area contributed by atoms with Crippen molar-refractivity contribution in [3.8, 4) is 5.75 Å². The molecule has 0 radical (unpaired) electrons. The van der Waals surface area contributed by atoms with Gasteiger partial charge in [0.05, 0.1) is 19.3 Å². The smallest absolute Gasteiger partial charge is 0.222 e. The Morgan fingerprint density at radius 1 is 1.21 bits per heavy atom. The number of anilines is 1. The first-order valence-corrected chi connectivity index (χ1v) is 8.20. The van der Waals surface area contributed by atoms with Crippen LogP contribution >= 0.6 is 0 Å². The number of para-hydroxylation sites is 1. The molecule has 1 fully saturated rings. The van der Waals surface area contributed by atoms with Gasteiger partial charge in [0.2, 0.25) is 5.65 Å². The van der Waals surface area contributed by atoms with Crippen molar-refractivity contribution in [2.75, 3.05) is 18.6 Å². The molecule has 124 valence electrons. The number of hydrogen-bond acceptors (Lipinski definition) is 6. The van der Waals surface area contributed by atoms with Crippen LogP contribution < -0.4 is 9.64 Å². The largest absolute Gasteiger partial charge is 0.496 e. The van der Waals surface area contributed by atoms with Crippen molar-refractivity contribution in [2.24, 2.45) is 5.92 Å². The number of fused-ring (bicyclic) bond motifs is 1. The lowest BCUT2D eigenvalue weighted by Gasteiger charge is -2.40. The van der Waals surface area contributed by atoms with Gasteiger partial charge in [-0.25, -0.2) is 4.98 Å². The molecule has 0 N–H and O–H groups in total. The predicted molar refractivity (Wildman–Crippen MR) is 90.1 cm³/mol. The molecule has 7 heteroatoms. The molecule has 3 aromatic rings. The molecular formula is C17H20N6O. The summed E-state index contributed by atoms with van der Waals surface area (Å²) in [5.74, 6) is 2.33. The molecule has 0 aliphatic carbocycles. The fourth-order valence-electron chi connectivity index (χ4n) is 3.52. The maximum atomic E-state index is 5.59. The Kier molecular flexibility index (Phi) is 3.76. The minimum absolute atomic E-state index is 0.202. The quantitative estimate of drug-likeness (QED) is 0.737. The van der Waals surface area contributed by atoms with E-state index in [0.717, 1.165) is 24.5 Å². The van der Waals surface area contributed by atoms with Gasteiger partial charge >= 0.3 is 0 Å². The first-order valence-electron chi connectivity index (χ1n) is 8.20. The Bertz CT molecular complexity index is 848. The van der Waals surface area contributed by atoms with Gasteiger partial charge in [-0.1, -0.05) is 25.1 Å². The zero-order chi connectivity index (χ0) is 16.5. The van der Waals surface area contributed by atoms with Crippen molar-refractivity contribution in [1.29, 1.82) is 0 Å². The average molecular weight is 324 g/mol. The van der Waals surface area contributed by atoms with E-state index in [0.29, 0.717) is 11.6 Å². The summed E-state index contributed by atoms with van der Waals surface area (Å²) >= 11 is 0. The highest BCUT2D eigenvalue weighted by Gasteiger charge is 2.31. The predicted octanol–water partition coefficient (Wildman–Crippen LogP) is 2.51. The molecular weight excluding hydrogens is 304 g/mol. The minimum atomic E-state index is 0.202. The number of rotatable bonds is 3. The number of hydrogen-bond donors (Lipinski definition) is 0. The Labute approximate surface area is 140 Å². The molecule has 1 aliphatic rings. The summed E-state index contributed by atoms with van der Waals surface area (Å²) in [5, 5.41) is 11.9. The maximum absolute atomic E-state index is 5.59. The number of benzene rings is 1. The molecule has 0 bridgehead atoms. The van der Waals surface area contributed by atoms with Gasteiger partial charge in [0.1, 0.15) is 5.75 Å². The number of nitrogens with zero attached hydrogens (tertiary/aromatic N) is 6. The van der Waals surface area contributed by atoms with E-state index in [4.69, 9.17) is 4.74 Å². The molecule has 0 spiro atoms. The summed E-state index contributed by atoms with van der Waals surface area (Å²) in [4.78, 5) is 6.91. The number of piperidine rings is 1. The average Bonchev–Trinajstić information content (AvgIpc) is 3.10. The third-order valence-electron chi connectivity index (χ3n) is 4.68. The molecule has 2 aromatic heterocycles. The molecule has 0 unspecified atom stereocenters. The SMILES string of the molecule is COc1ccccc1[C@H]1CC[C@@H](C)CN1c1nccn2nnnc12. The lowest BCUT2D eigenvalue weighted by atomic mass is 9.89. The molecule has 1 aromatic carbocycles. The summed E-state index contributed by atoms with van der Waals surface area (Å²) in [5.41, 5.74) is 1.87. The van der Waals surface area contributed by atoms with Crippen LogP contribution in [0.3, 0.4) is 0 Å². The molecule has 7 nitrogen and oxygen atoms in total. The first kappa shape index (κ1) is 14.9. The molecule has 4 rings (SSSR count). The van der Waals surface area contributed by atoms with Crippen molar-refractivity contribution in [1.82, 2.24) is 25.0 Å². The number of tetrazole rings is 1. The number of methoxy groups -OCH3 is 1. The van der Waals surface area contributed by atoms with Crippen molar-refractivity contribution in [3.05, 3.63) is 42.2 Å². The summed E-state index contributed by atoms with van der Waals surface area (Å²) in [6, 6.07) is 8.40. The highest BCUT2D eigenvalue weighted by Crippen LogP contribution is 2.40. The van der Waals surface area contributed by atoms with Crippen LogP contribution in [0.15, 0.2) is 36.7 Å². The maximum Gasteiger partial charge on any atom is 0.222 e. The van der Waals surface area contributed by atoms with E-state index < -0.39 is 0 Å². The highest BCUT2D eigenvalue weighted by molar-refractivity contribution is 5.64. The van der Waals surface area contributed by atoms with Crippen molar-refractivity contribution < 1.29 is 4.74 Å². The van der Waals surface area contributed by atoms with Crippen molar-refractivity contribution >= 4 is 11.5 Å².